The van der Waals surface area contributed by atoms with Crippen LogP contribution in [0, 0.1) is 0 Å². The number of aromatic nitrogens is 2. The topological polar surface area (TPSA) is 75.1 Å². The van der Waals surface area contributed by atoms with Gasteiger partial charge in [0.15, 0.2) is 5.69 Å². The summed E-state index contributed by atoms with van der Waals surface area (Å²) in [7, 11) is 0. The van der Waals surface area contributed by atoms with Gasteiger partial charge in [-0.15, -0.1) is 17.5 Å². The van der Waals surface area contributed by atoms with Crippen LogP contribution in [0.2, 0.25) is 0 Å². The van der Waals surface area contributed by atoms with Crippen LogP contribution in [0.25, 0.3) is 0 Å². The number of nitrogens with one attached hydrogen (secondary N) is 1. The van der Waals surface area contributed by atoms with Crippen LogP contribution in [0.4, 0.5) is 5.69 Å². The van der Waals surface area contributed by atoms with E-state index in [4.69, 9.17) is 5.11 Å². The molecule has 1 aromatic rings. The van der Waals surface area contributed by atoms with Crippen molar-refractivity contribution in [1.29, 1.82) is 0 Å². The first kappa shape index (κ1) is 9.73. The van der Waals surface area contributed by atoms with Gasteiger partial charge < -0.3 is 10.4 Å². The molecule has 0 bridgehead atoms. The van der Waals surface area contributed by atoms with Crippen LogP contribution in [-0.2, 0) is 6.42 Å². The smallest absolute Gasteiger partial charge is 0.356 e. The number of carboxylic acids is 1. The van der Waals surface area contributed by atoms with Gasteiger partial charge in [0, 0.05) is 13.0 Å². The molecule has 1 aliphatic heterocycles. The molecule has 1 aromatic heterocycles. The van der Waals surface area contributed by atoms with Crippen molar-refractivity contribution in [1.82, 2.24) is 10.2 Å². The predicted octanol–water partition coefficient (Wildman–Crippen LogP) is 0.565. The summed E-state index contributed by atoms with van der Waals surface area (Å²) in [5, 5.41) is 19.0. The number of carboxylic acid groups (broad SMARTS) is 1. The van der Waals surface area contributed by atoms with Crippen LogP contribution in [0.5, 0.6) is 0 Å². The quantitative estimate of drug-likeness (QED) is 0.695. The molecule has 0 aliphatic carbocycles. The average molecular weight is 202 g/mol. The highest BCUT2D eigenvalue weighted by atomic mass is 35.5. The van der Waals surface area contributed by atoms with Crippen LogP contribution >= 0.6 is 12.4 Å². The number of halogens is 1. The summed E-state index contributed by atoms with van der Waals surface area (Å²) in [6.07, 6.45) is 0.822. The molecule has 0 unspecified atom stereocenters. The third kappa shape index (κ3) is 1.70. The molecular weight excluding hydrogens is 194 g/mol. The van der Waals surface area contributed by atoms with Crippen molar-refractivity contribution in [2.45, 2.75) is 6.42 Å². The fourth-order valence-corrected chi connectivity index (χ4v) is 1.17. The molecule has 2 rings (SSSR count). The van der Waals surface area contributed by atoms with Crippen molar-refractivity contribution in [3.8, 4) is 0 Å². The van der Waals surface area contributed by atoms with Gasteiger partial charge in [-0.25, -0.2) is 4.79 Å². The molecule has 0 fully saturated rings. The molecule has 5 nitrogen and oxygen atoms in total. The summed E-state index contributed by atoms with van der Waals surface area (Å²) >= 11 is 0. The highest BCUT2D eigenvalue weighted by Crippen LogP contribution is 2.18. The van der Waals surface area contributed by atoms with Crippen LogP contribution in [0.1, 0.15) is 16.2 Å². The van der Waals surface area contributed by atoms with Crippen molar-refractivity contribution >= 4 is 24.1 Å². The maximum atomic E-state index is 10.5. The molecular formula is C7H8ClN3O2. The van der Waals surface area contributed by atoms with Gasteiger partial charge in [-0.2, -0.15) is 5.10 Å². The molecule has 1 aliphatic rings. The summed E-state index contributed by atoms with van der Waals surface area (Å²) in [4.78, 5) is 10.5. The molecule has 0 saturated carbocycles. The van der Waals surface area contributed by atoms with Crippen molar-refractivity contribution < 1.29 is 9.90 Å². The summed E-state index contributed by atoms with van der Waals surface area (Å²) in [6.45, 7) is 0.813. The molecule has 0 amide bonds. The van der Waals surface area contributed by atoms with Crippen LogP contribution in [0.15, 0.2) is 6.07 Å². The number of rotatable bonds is 1. The molecule has 0 radical (unpaired) electrons. The Morgan fingerprint density at radius 2 is 2.31 bits per heavy atom. The average Bonchev–Trinajstić information content (AvgIpc) is 2.49. The lowest BCUT2D eigenvalue weighted by Gasteiger charge is -1.97. The Balaban J connectivity index is 0.000000845. The second-order valence-corrected chi connectivity index (χ2v) is 2.57. The molecule has 2 heterocycles. The molecule has 70 valence electrons. The molecule has 0 aromatic carbocycles. The fraction of sp³-hybridized carbons (Fsp3) is 0.286. The summed E-state index contributed by atoms with van der Waals surface area (Å²) < 4.78 is 0. The Hall–Kier alpha value is -1.36. The second kappa shape index (κ2) is 3.57. The van der Waals surface area contributed by atoms with Gasteiger partial charge >= 0.3 is 5.97 Å². The molecule has 6 heteroatoms. The Bertz CT molecular complexity index is 343. The predicted molar refractivity (Wildman–Crippen MR) is 48.4 cm³/mol. The Kier molecular flexibility index (Phi) is 2.67. The van der Waals surface area contributed by atoms with E-state index in [-0.39, 0.29) is 18.1 Å². The van der Waals surface area contributed by atoms with E-state index < -0.39 is 5.97 Å². The first-order valence-corrected chi connectivity index (χ1v) is 3.61. The standard InChI is InChI=1S/C7H7N3O2.ClH/c11-7(12)6-3-5-4(9-10-6)1-2-8-5;/h3,8H,1-2H2,(H,11,12);1H. The fourth-order valence-electron chi connectivity index (χ4n) is 1.17. The van der Waals surface area contributed by atoms with E-state index in [0.717, 1.165) is 24.3 Å². The largest absolute Gasteiger partial charge is 0.476 e. The maximum Gasteiger partial charge on any atom is 0.356 e. The van der Waals surface area contributed by atoms with E-state index in [1.54, 1.807) is 0 Å². The second-order valence-electron chi connectivity index (χ2n) is 2.57. The lowest BCUT2D eigenvalue weighted by molar-refractivity contribution is 0.0689. The zero-order valence-electron chi connectivity index (χ0n) is 6.65. The number of hydrogen-bond donors (Lipinski definition) is 2. The summed E-state index contributed by atoms with van der Waals surface area (Å²) in [5.74, 6) is -1.04. The van der Waals surface area contributed by atoms with E-state index >= 15 is 0 Å². The lowest BCUT2D eigenvalue weighted by Crippen LogP contribution is -2.03. The number of hydrogen-bond acceptors (Lipinski definition) is 4. The molecule has 0 spiro atoms. The highest BCUT2D eigenvalue weighted by molar-refractivity contribution is 5.86. The van der Waals surface area contributed by atoms with Gasteiger partial charge in [-0.05, 0) is 6.07 Å². The Labute approximate surface area is 80.6 Å². The normalized spacial score (nSPS) is 12.6. The van der Waals surface area contributed by atoms with E-state index in [2.05, 4.69) is 15.5 Å². The Morgan fingerprint density at radius 3 is 3.00 bits per heavy atom. The van der Waals surface area contributed by atoms with E-state index in [1.165, 1.54) is 6.07 Å². The van der Waals surface area contributed by atoms with Crippen LogP contribution in [0.3, 0.4) is 0 Å². The number of anilines is 1. The first-order valence-electron chi connectivity index (χ1n) is 3.61. The SMILES string of the molecule is Cl.O=C(O)c1cc2c(nn1)CCN2. The van der Waals surface area contributed by atoms with Crippen LogP contribution in [-0.4, -0.2) is 27.8 Å². The van der Waals surface area contributed by atoms with Gasteiger partial charge in [0.1, 0.15) is 0 Å². The minimum Gasteiger partial charge on any atom is -0.476 e. The van der Waals surface area contributed by atoms with Gasteiger partial charge in [-0.1, -0.05) is 0 Å². The third-order valence-electron chi connectivity index (χ3n) is 1.77. The maximum absolute atomic E-state index is 10.5. The minimum atomic E-state index is -1.04. The zero-order valence-corrected chi connectivity index (χ0v) is 7.47. The number of carbonyl (C=O) groups is 1. The number of aromatic carboxylic acids is 1. The molecule has 0 saturated heterocycles. The minimum absolute atomic E-state index is 0. The van der Waals surface area contributed by atoms with E-state index in [0.29, 0.717) is 0 Å². The van der Waals surface area contributed by atoms with Gasteiger partial charge in [0.2, 0.25) is 0 Å². The molecule has 2 N–H and O–H groups in total. The zero-order chi connectivity index (χ0) is 8.55. The molecule has 0 atom stereocenters. The summed E-state index contributed by atoms with van der Waals surface area (Å²) in [6, 6.07) is 1.51. The lowest BCUT2D eigenvalue weighted by atomic mass is 10.3. The Morgan fingerprint density at radius 1 is 1.54 bits per heavy atom. The highest BCUT2D eigenvalue weighted by Gasteiger charge is 2.15. The van der Waals surface area contributed by atoms with Crippen molar-refractivity contribution in [2.24, 2.45) is 0 Å². The number of nitrogens with zero attached hydrogens (tertiary/aromatic N) is 2. The van der Waals surface area contributed by atoms with Crippen molar-refractivity contribution in [2.75, 3.05) is 11.9 Å². The first-order chi connectivity index (χ1) is 5.77. The van der Waals surface area contributed by atoms with E-state index in [1.807, 2.05) is 0 Å². The van der Waals surface area contributed by atoms with Gasteiger partial charge in [-0.3, -0.25) is 0 Å². The van der Waals surface area contributed by atoms with Crippen LogP contribution < -0.4 is 5.32 Å². The third-order valence-corrected chi connectivity index (χ3v) is 1.77. The van der Waals surface area contributed by atoms with E-state index in [9.17, 15) is 4.79 Å². The molecule has 13 heavy (non-hydrogen) atoms. The van der Waals surface area contributed by atoms with Crippen molar-refractivity contribution in [3.63, 3.8) is 0 Å². The number of fused-ring (bicyclic) bond motifs is 1. The summed E-state index contributed by atoms with van der Waals surface area (Å²) in [5.41, 5.74) is 1.63. The van der Waals surface area contributed by atoms with Crippen molar-refractivity contribution in [3.05, 3.63) is 17.5 Å². The van der Waals surface area contributed by atoms with Gasteiger partial charge in [0.05, 0.1) is 11.4 Å². The monoisotopic (exact) mass is 201 g/mol. The van der Waals surface area contributed by atoms with Gasteiger partial charge in [0.25, 0.3) is 0 Å².